The Morgan fingerprint density at radius 3 is 2.57 bits per heavy atom. The predicted molar refractivity (Wildman–Crippen MR) is 81.9 cm³/mol. The Labute approximate surface area is 131 Å². The van der Waals surface area contributed by atoms with Gasteiger partial charge in [0.1, 0.15) is 18.0 Å². The van der Waals surface area contributed by atoms with Crippen molar-refractivity contribution in [3.63, 3.8) is 0 Å². The molecule has 0 aliphatic carbocycles. The second-order valence-corrected chi connectivity index (χ2v) is 4.57. The molecule has 9 heteroatoms. The van der Waals surface area contributed by atoms with Gasteiger partial charge in [0.15, 0.2) is 0 Å². The summed E-state index contributed by atoms with van der Waals surface area (Å²) in [6.45, 7) is 4.66. The summed E-state index contributed by atoms with van der Waals surface area (Å²) in [6.07, 6.45) is 1.14. The molecular formula is C14H15F2N5O2. The number of halogens is 2. The van der Waals surface area contributed by atoms with Gasteiger partial charge in [-0.2, -0.15) is 0 Å². The lowest BCUT2D eigenvalue weighted by atomic mass is 10.3. The second-order valence-electron chi connectivity index (χ2n) is 4.57. The summed E-state index contributed by atoms with van der Waals surface area (Å²) in [5.41, 5.74) is -0.628. The van der Waals surface area contributed by atoms with Gasteiger partial charge in [-0.15, -0.1) is 0 Å². The van der Waals surface area contributed by atoms with Crippen molar-refractivity contribution in [3.8, 4) is 0 Å². The Kier molecular flexibility index (Phi) is 4.99. The molecule has 0 amide bonds. The molecule has 2 rings (SSSR count). The van der Waals surface area contributed by atoms with Gasteiger partial charge in [0.25, 0.3) is 0 Å². The maximum absolute atomic E-state index is 13.7. The van der Waals surface area contributed by atoms with E-state index in [-0.39, 0.29) is 23.0 Å². The van der Waals surface area contributed by atoms with E-state index in [9.17, 15) is 18.9 Å². The van der Waals surface area contributed by atoms with E-state index in [0.717, 1.165) is 24.5 Å². The fourth-order valence-electron chi connectivity index (χ4n) is 2.10. The van der Waals surface area contributed by atoms with Crippen LogP contribution in [0.3, 0.4) is 0 Å². The average molecular weight is 323 g/mol. The van der Waals surface area contributed by atoms with Gasteiger partial charge in [-0.3, -0.25) is 10.1 Å². The molecule has 1 heterocycles. The van der Waals surface area contributed by atoms with Crippen molar-refractivity contribution in [2.45, 2.75) is 13.8 Å². The standard InChI is InChI=1S/C14H15F2N5O2/c1-3-20(4-2)14-12(21(22)23)13(17-8-18-14)19-11-7-9(15)5-6-10(11)16/h5-8H,3-4H2,1-2H3,(H,17,18,19). The maximum Gasteiger partial charge on any atom is 0.353 e. The Balaban J connectivity index is 2.52. The molecule has 0 saturated heterocycles. The van der Waals surface area contributed by atoms with Crippen LogP contribution in [0.1, 0.15) is 13.8 Å². The summed E-state index contributed by atoms with van der Waals surface area (Å²) in [5, 5.41) is 13.9. The molecule has 0 spiro atoms. The minimum Gasteiger partial charge on any atom is -0.351 e. The molecule has 0 aliphatic heterocycles. The second kappa shape index (κ2) is 6.95. The summed E-state index contributed by atoms with van der Waals surface area (Å²) in [7, 11) is 0. The van der Waals surface area contributed by atoms with Crippen LogP contribution in [-0.4, -0.2) is 28.0 Å². The van der Waals surface area contributed by atoms with Gasteiger partial charge in [-0.25, -0.2) is 18.7 Å². The lowest BCUT2D eigenvalue weighted by Crippen LogP contribution is -2.24. The van der Waals surface area contributed by atoms with Crippen molar-refractivity contribution in [2.24, 2.45) is 0 Å². The third-order valence-electron chi connectivity index (χ3n) is 3.23. The van der Waals surface area contributed by atoms with E-state index >= 15 is 0 Å². The Morgan fingerprint density at radius 2 is 1.96 bits per heavy atom. The highest BCUT2D eigenvalue weighted by Gasteiger charge is 2.26. The first kappa shape index (κ1) is 16.5. The van der Waals surface area contributed by atoms with Gasteiger partial charge < -0.3 is 10.2 Å². The lowest BCUT2D eigenvalue weighted by Gasteiger charge is -2.20. The minimum absolute atomic E-state index is 0.120. The van der Waals surface area contributed by atoms with Gasteiger partial charge in [0.05, 0.1) is 10.6 Å². The van der Waals surface area contributed by atoms with E-state index in [4.69, 9.17) is 0 Å². The molecule has 0 aliphatic rings. The number of benzene rings is 1. The number of rotatable bonds is 6. The molecule has 2 aromatic rings. The first-order chi connectivity index (χ1) is 11.0. The summed E-state index contributed by atoms with van der Waals surface area (Å²) in [5.74, 6) is -1.50. The van der Waals surface area contributed by atoms with E-state index in [1.54, 1.807) is 4.90 Å². The van der Waals surface area contributed by atoms with E-state index < -0.39 is 16.6 Å². The van der Waals surface area contributed by atoms with Crippen LogP contribution in [0.4, 0.5) is 31.8 Å². The highest BCUT2D eigenvalue weighted by atomic mass is 19.1. The fraction of sp³-hybridized carbons (Fsp3) is 0.286. The number of nitro groups is 1. The van der Waals surface area contributed by atoms with Gasteiger partial charge >= 0.3 is 5.69 Å². The third kappa shape index (κ3) is 3.50. The Bertz CT molecular complexity index is 722. The van der Waals surface area contributed by atoms with Gasteiger partial charge in [-0.1, -0.05) is 0 Å². The van der Waals surface area contributed by atoms with Crippen LogP contribution in [0.25, 0.3) is 0 Å². The van der Waals surface area contributed by atoms with E-state index in [1.807, 2.05) is 13.8 Å². The molecule has 0 fully saturated rings. The van der Waals surface area contributed by atoms with E-state index in [2.05, 4.69) is 15.3 Å². The van der Waals surface area contributed by atoms with Crippen LogP contribution < -0.4 is 10.2 Å². The zero-order valence-electron chi connectivity index (χ0n) is 12.6. The molecule has 0 radical (unpaired) electrons. The molecular weight excluding hydrogens is 308 g/mol. The van der Waals surface area contributed by atoms with Crippen molar-refractivity contribution >= 4 is 23.0 Å². The fourth-order valence-corrected chi connectivity index (χ4v) is 2.10. The number of aromatic nitrogens is 2. The minimum atomic E-state index is -0.747. The van der Waals surface area contributed by atoms with E-state index in [1.165, 1.54) is 0 Å². The van der Waals surface area contributed by atoms with Gasteiger partial charge in [0, 0.05) is 19.2 Å². The van der Waals surface area contributed by atoms with Crippen molar-refractivity contribution in [2.75, 3.05) is 23.3 Å². The number of anilines is 3. The molecule has 23 heavy (non-hydrogen) atoms. The molecule has 1 aromatic carbocycles. The number of nitrogens with one attached hydrogen (secondary N) is 1. The van der Waals surface area contributed by atoms with Crippen LogP contribution in [-0.2, 0) is 0 Å². The van der Waals surface area contributed by atoms with Crippen molar-refractivity contribution in [3.05, 3.63) is 46.3 Å². The maximum atomic E-state index is 13.7. The van der Waals surface area contributed by atoms with Gasteiger partial charge in [-0.05, 0) is 26.0 Å². The predicted octanol–water partition coefficient (Wildman–Crippen LogP) is 3.25. The molecule has 0 bridgehead atoms. The van der Waals surface area contributed by atoms with Crippen molar-refractivity contribution in [1.82, 2.24) is 9.97 Å². The summed E-state index contributed by atoms with van der Waals surface area (Å²) in [4.78, 5) is 20.2. The smallest absolute Gasteiger partial charge is 0.351 e. The molecule has 0 unspecified atom stereocenters. The van der Waals surface area contributed by atoms with Crippen LogP contribution in [0.15, 0.2) is 24.5 Å². The molecule has 1 N–H and O–H groups in total. The molecule has 0 atom stereocenters. The highest BCUT2D eigenvalue weighted by molar-refractivity contribution is 5.74. The zero-order valence-corrected chi connectivity index (χ0v) is 12.6. The number of hydrogen-bond acceptors (Lipinski definition) is 6. The number of nitrogens with zero attached hydrogens (tertiary/aromatic N) is 4. The topological polar surface area (TPSA) is 84.2 Å². The van der Waals surface area contributed by atoms with Crippen LogP contribution in [0, 0.1) is 21.7 Å². The molecule has 7 nitrogen and oxygen atoms in total. The van der Waals surface area contributed by atoms with Crippen LogP contribution in [0.5, 0.6) is 0 Å². The SMILES string of the molecule is CCN(CC)c1ncnc(Nc2cc(F)ccc2F)c1[N+](=O)[O-]. The van der Waals surface area contributed by atoms with Crippen LogP contribution >= 0.6 is 0 Å². The van der Waals surface area contributed by atoms with E-state index in [0.29, 0.717) is 13.1 Å². The number of hydrogen-bond donors (Lipinski definition) is 1. The summed E-state index contributed by atoms with van der Waals surface area (Å²) >= 11 is 0. The summed E-state index contributed by atoms with van der Waals surface area (Å²) < 4.78 is 27.0. The Morgan fingerprint density at radius 1 is 1.26 bits per heavy atom. The monoisotopic (exact) mass is 323 g/mol. The first-order valence-electron chi connectivity index (χ1n) is 6.94. The molecule has 0 saturated carbocycles. The lowest BCUT2D eigenvalue weighted by molar-refractivity contribution is -0.383. The zero-order chi connectivity index (χ0) is 17.0. The first-order valence-corrected chi connectivity index (χ1v) is 6.94. The van der Waals surface area contributed by atoms with Crippen molar-refractivity contribution in [1.29, 1.82) is 0 Å². The Hall–Kier alpha value is -2.84. The molecule has 1 aromatic heterocycles. The van der Waals surface area contributed by atoms with Gasteiger partial charge in [0.2, 0.25) is 11.6 Å². The highest BCUT2D eigenvalue weighted by Crippen LogP contribution is 2.34. The third-order valence-corrected chi connectivity index (χ3v) is 3.23. The molecule has 122 valence electrons. The quantitative estimate of drug-likeness (QED) is 0.649. The normalized spacial score (nSPS) is 10.4. The van der Waals surface area contributed by atoms with Crippen molar-refractivity contribution < 1.29 is 13.7 Å². The average Bonchev–Trinajstić information content (AvgIpc) is 2.52. The summed E-state index contributed by atoms with van der Waals surface area (Å²) in [6, 6.07) is 2.78. The largest absolute Gasteiger partial charge is 0.353 e. The van der Waals surface area contributed by atoms with Crippen LogP contribution in [0.2, 0.25) is 0 Å².